The van der Waals surface area contributed by atoms with Gasteiger partial charge in [0.2, 0.25) is 0 Å². The molecule has 0 saturated carbocycles. The van der Waals surface area contributed by atoms with Crippen molar-refractivity contribution < 1.29 is 11.0 Å². The van der Waals surface area contributed by atoms with Crippen molar-refractivity contribution >= 4 is 49.4 Å². The van der Waals surface area contributed by atoms with Crippen LogP contribution in [0.5, 0.6) is 0 Å². The molecule has 286 valence electrons. The molecule has 11 rings (SSSR count). The summed E-state index contributed by atoms with van der Waals surface area (Å²) in [5.41, 5.74) is 6.50. The number of rotatable bonds is 8. The molecule has 0 spiro atoms. The van der Waals surface area contributed by atoms with Crippen molar-refractivity contribution in [1.82, 2.24) is 0 Å². The van der Waals surface area contributed by atoms with E-state index in [1.54, 1.807) is 24.3 Å². The van der Waals surface area contributed by atoms with Crippen LogP contribution < -0.4 is 4.90 Å². The van der Waals surface area contributed by atoms with E-state index in [9.17, 15) is 11.0 Å². The maximum atomic E-state index is 9.77. The molecule has 0 radical (unpaired) electrons. The van der Waals surface area contributed by atoms with E-state index in [1.807, 2.05) is 133 Å². The molecule has 0 aliphatic carbocycles. The molecule has 0 fully saturated rings. The first kappa shape index (κ1) is 28.4. The highest BCUT2D eigenvalue weighted by molar-refractivity contribution is 6.08. The second-order valence-corrected chi connectivity index (χ2v) is 15.1. The number of nitrogens with zero attached hydrogens (tertiary/aromatic N) is 1. The minimum atomic E-state index is -0.401. The quantitative estimate of drug-likeness (QED) is 0.139. The Hall–Kier alpha value is -8.00. The Balaban J connectivity index is 1.10. The van der Waals surface area contributed by atoms with Gasteiger partial charge in [-0.05, 0) is 130 Å². The first-order valence-electron chi connectivity index (χ1n) is 24.3. The van der Waals surface area contributed by atoms with E-state index in [2.05, 4.69) is 42.5 Å². The number of hydrogen-bond acceptors (Lipinski definition) is 1. The van der Waals surface area contributed by atoms with E-state index in [-0.39, 0.29) is 46.7 Å². The van der Waals surface area contributed by atoms with E-state index >= 15 is 0 Å². The second kappa shape index (κ2) is 15.6. The lowest BCUT2D eigenvalue weighted by Gasteiger charge is -2.26. The molecular formula is C60H41N. The summed E-state index contributed by atoms with van der Waals surface area (Å²) in [6, 6.07) is 61.8. The van der Waals surface area contributed by atoms with Gasteiger partial charge in [0.25, 0.3) is 0 Å². The van der Waals surface area contributed by atoms with Crippen molar-refractivity contribution in [1.29, 1.82) is 0 Å². The van der Waals surface area contributed by atoms with Gasteiger partial charge in [0, 0.05) is 17.1 Å². The predicted molar refractivity (Wildman–Crippen MR) is 261 cm³/mol. The molecule has 0 aliphatic heterocycles. The lowest BCUT2D eigenvalue weighted by molar-refractivity contribution is 1.28. The van der Waals surface area contributed by atoms with Gasteiger partial charge >= 0.3 is 0 Å². The van der Waals surface area contributed by atoms with Crippen molar-refractivity contribution in [3.05, 3.63) is 249 Å². The molecule has 0 N–H and O–H groups in total. The van der Waals surface area contributed by atoms with E-state index in [0.29, 0.717) is 16.8 Å². The van der Waals surface area contributed by atoms with E-state index in [4.69, 9.17) is 0 Å². The zero-order valence-electron chi connectivity index (χ0n) is 41.0. The molecule has 1 nitrogen and oxygen atoms in total. The van der Waals surface area contributed by atoms with Gasteiger partial charge in [-0.1, -0.05) is 206 Å². The molecule has 0 unspecified atom stereocenters. The Kier molecular flexibility index (Phi) is 7.29. The summed E-state index contributed by atoms with van der Waals surface area (Å²) in [4.78, 5) is 1.36. The summed E-state index contributed by atoms with van der Waals surface area (Å²) in [5, 5.41) is 6.36. The van der Waals surface area contributed by atoms with Gasteiger partial charge in [0.1, 0.15) is 0 Å². The largest absolute Gasteiger partial charge is 0.311 e. The van der Waals surface area contributed by atoms with Crippen molar-refractivity contribution in [2.24, 2.45) is 0 Å². The molecule has 0 aliphatic rings. The van der Waals surface area contributed by atoms with Crippen molar-refractivity contribution in [3.63, 3.8) is 0 Å². The Bertz CT molecular complexity index is 3740. The van der Waals surface area contributed by atoms with Crippen LogP contribution in [0.4, 0.5) is 17.1 Å². The minimum Gasteiger partial charge on any atom is -0.311 e. The molecule has 11 aromatic rings. The Morgan fingerprint density at radius 2 is 0.705 bits per heavy atom. The van der Waals surface area contributed by atoms with Gasteiger partial charge in [-0.2, -0.15) is 0 Å². The van der Waals surface area contributed by atoms with Gasteiger partial charge in [0.15, 0.2) is 0 Å². The zero-order valence-corrected chi connectivity index (χ0v) is 33.0. The van der Waals surface area contributed by atoms with Crippen LogP contribution in [0, 0.1) is 0 Å². The van der Waals surface area contributed by atoms with Crippen molar-refractivity contribution in [2.75, 3.05) is 4.90 Å². The number of anilines is 3. The highest BCUT2D eigenvalue weighted by atomic mass is 15.1. The van der Waals surface area contributed by atoms with Crippen LogP contribution in [-0.2, 0) is 0 Å². The Labute approximate surface area is 368 Å². The van der Waals surface area contributed by atoms with Crippen LogP contribution in [0.2, 0.25) is 0 Å². The van der Waals surface area contributed by atoms with Crippen LogP contribution in [0.3, 0.4) is 0 Å². The summed E-state index contributed by atoms with van der Waals surface area (Å²) in [6.45, 7) is 0. The smallest absolute Gasteiger partial charge is 0.0645 e. The van der Waals surface area contributed by atoms with Crippen molar-refractivity contribution in [3.8, 4) is 55.6 Å². The highest BCUT2D eigenvalue weighted by Gasteiger charge is 2.16. The lowest BCUT2D eigenvalue weighted by atomic mass is 9.90. The Morgan fingerprint density at radius 3 is 1.38 bits per heavy atom. The standard InChI is InChI=1S/C60H41N/c1-3-11-42(12-4-1)43-19-21-44(22-20-43)45-25-33-53(34-26-45)61(54-35-27-46(28-36-54)51-32-39-57-52(41-51)24-23-47-13-7-9-17-56(47)57)55-37-29-49(30-38-55)59-40-31-48-14-8-10-18-58(48)60(59)50-15-5-2-6-16-50/h1-41H/i25D,26D,29D,30D,33D,34D,37D,38D. The summed E-state index contributed by atoms with van der Waals surface area (Å²) in [6.07, 6.45) is 0. The number of benzene rings is 11. The minimum absolute atomic E-state index is 0.103. The molecule has 0 heterocycles. The topological polar surface area (TPSA) is 3.24 Å². The molecule has 1 heteroatoms. The monoisotopic (exact) mass is 783 g/mol. The summed E-state index contributed by atoms with van der Waals surface area (Å²) in [5.74, 6) is 0. The van der Waals surface area contributed by atoms with E-state index in [1.165, 1.54) is 4.90 Å². The summed E-state index contributed by atoms with van der Waals surface area (Å²) >= 11 is 0. The van der Waals surface area contributed by atoms with E-state index < -0.39 is 24.2 Å². The normalized spacial score (nSPS) is 13.1. The summed E-state index contributed by atoms with van der Waals surface area (Å²) in [7, 11) is 0. The van der Waals surface area contributed by atoms with Crippen LogP contribution in [0.25, 0.3) is 88.0 Å². The van der Waals surface area contributed by atoms with Crippen molar-refractivity contribution in [2.45, 2.75) is 0 Å². The van der Waals surface area contributed by atoms with Crippen LogP contribution >= 0.6 is 0 Å². The van der Waals surface area contributed by atoms with Gasteiger partial charge in [-0.15, -0.1) is 0 Å². The predicted octanol–water partition coefficient (Wildman–Crippen LogP) is 17.0. The Morgan fingerprint density at radius 1 is 0.262 bits per heavy atom. The van der Waals surface area contributed by atoms with Gasteiger partial charge in [0.05, 0.1) is 11.0 Å². The lowest BCUT2D eigenvalue weighted by Crippen LogP contribution is -2.09. The third kappa shape index (κ3) is 6.93. The fourth-order valence-electron chi connectivity index (χ4n) is 8.34. The third-order valence-electron chi connectivity index (χ3n) is 11.4. The number of fused-ring (bicyclic) bond motifs is 4. The molecule has 0 atom stereocenters. The average Bonchev–Trinajstić information content (AvgIpc) is 3.40. The zero-order chi connectivity index (χ0) is 47.5. The van der Waals surface area contributed by atoms with Crippen LogP contribution in [0.1, 0.15) is 11.0 Å². The molecule has 61 heavy (non-hydrogen) atoms. The maximum Gasteiger partial charge on any atom is 0.0645 e. The molecule has 0 amide bonds. The van der Waals surface area contributed by atoms with Gasteiger partial charge in [-0.25, -0.2) is 0 Å². The third-order valence-corrected chi connectivity index (χ3v) is 11.4. The molecule has 0 bridgehead atoms. The summed E-state index contributed by atoms with van der Waals surface area (Å²) < 4.78 is 77.0. The molecule has 0 saturated heterocycles. The highest BCUT2D eigenvalue weighted by Crippen LogP contribution is 2.42. The molecular weight excluding hydrogens is 735 g/mol. The average molecular weight is 784 g/mol. The SMILES string of the molecule is [2H]c1c([2H])c(N(c2ccc(-c3ccc4c(ccc5ccccc54)c3)cc2)c2c([2H])c([2H])c(-c3ccc4ccccc4c3-c3ccccc3)c([2H])c2[2H])c([2H])c([2H])c1-c1ccc(-c2ccccc2)cc1. The van der Waals surface area contributed by atoms with Crippen LogP contribution in [-0.4, -0.2) is 0 Å². The molecule has 0 aromatic heterocycles. The van der Waals surface area contributed by atoms with Crippen LogP contribution in [0.15, 0.2) is 249 Å². The second-order valence-electron chi connectivity index (χ2n) is 15.1. The molecule has 11 aromatic carbocycles. The van der Waals surface area contributed by atoms with Gasteiger partial charge in [-0.3, -0.25) is 0 Å². The maximum absolute atomic E-state index is 9.77. The van der Waals surface area contributed by atoms with E-state index in [0.717, 1.165) is 65.7 Å². The fraction of sp³-hybridized carbons (Fsp3) is 0. The fourth-order valence-corrected chi connectivity index (χ4v) is 8.34. The first-order chi connectivity index (χ1) is 33.6. The van der Waals surface area contributed by atoms with Gasteiger partial charge < -0.3 is 4.90 Å². The number of hydrogen-bond donors (Lipinski definition) is 0. The first-order valence-corrected chi connectivity index (χ1v) is 20.3.